The fourth-order valence-electron chi connectivity index (χ4n) is 1.36. The number of azide groups is 1. The second-order valence-electron chi connectivity index (χ2n) is 3.72. The maximum Gasteiger partial charge on any atom is 0.416 e. The fraction of sp³-hybridized carbons (Fsp3) is 0.400. The van der Waals surface area contributed by atoms with E-state index in [0.717, 1.165) is 0 Å². The molecule has 0 bridgehead atoms. The second-order valence-corrected chi connectivity index (χ2v) is 3.72. The van der Waals surface area contributed by atoms with E-state index in [4.69, 9.17) is 5.53 Å². The molecule has 1 atom stereocenters. The standard InChI is InChI=1S/C10H7F6N3/c1-5(18-19-17)6-2-7(9(11,12)13)4-8(3-6)10(14,15)16/h2-5H,1H3/t5-/m1/s1. The van der Waals surface area contributed by atoms with Gasteiger partial charge < -0.3 is 0 Å². The van der Waals surface area contributed by atoms with Gasteiger partial charge in [0.05, 0.1) is 17.2 Å². The Balaban J connectivity index is 3.45. The number of nitrogens with zero attached hydrogens (tertiary/aromatic N) is 3. The van der Waals surface area contributed by atoms with E-state index >= 15 is 0 Å². The quantitative estimate of drug-likeness (QED) is 0.314. The molecule has 0 aliphatic heterocycles. The van der Waals surface area contributed by atoms with Gasteiger partial charge in [-0.25, -0.2) is 0 Å². The molecule has 0 saturated carbocycles. The zero-order valence-corrected chi connectivity index (χ0v) is 9.42. The van der Waals surface area contributed by atoms with Crippen LogP contribution in [0.4, 0.5) is 26.3 Å². The number of benzene rings is 1. The normalized spacial score (nSPS) is 13.8. The summed E-state index contributed by atoms with van der Waals surface area (Å²) in [7, 11) is 0. The van der Waals surface area contributed by atoms with Crippen LogP contribution in [0.25, 0.3) is 10.4 Å². The number of hydrogen-bond donors (Lipinski definition) is 0. The lowest BCUT2D eigenvalue weighted by molar-refractivity contribution is -0.143. The van der Waals surface area contributed by atoms with Crippen LogP contribution in [0, 0.1) is 0 Å². The van der Waals surface area contributed by atoms with Crippen LogP contribution < -0.4 is 0 Å². The molecule has 1 rings (SSSR count). The summed E-state index contributed by atoms with van der Waals surface area (Å²) in [5.41, 5.74) is 4.96. The minimum Gasteiger partial charge on any atom is -0.166 e. The molecule has 0 spiro atoms. The van der Waals surface area contributed by atoms with Crippen LogP contribution in [0.2, 0.25) is 0 Å². The Bertz CT molecular complexity index is 481. The molecule has 0 saturated heterocycles. The Morgan fingerprint density at radius 1 is 1.00 bits per heavy atom. The largest absolute Gasteiger partial charge is 0.416 e. The Kier molecular flexibility index (Phi) is 4.00. The van der Waals surface area contributed by atoms with E-state index in [1.165, 1.54) is 6.92 Å². The highest BCUT2D eigenvalue weighted by molar-refractivity contribution is 5.35. The van der Waals surface area contributed by atoms with Crippen molar-refractivity contribution in [3.05, 3.63) is 45.3 Å². The molecule has 0 unspecified atom stereocenters. The maximum atomic E-state index is 12.5. The molecule has 1 aromatic carbocycles. The fourth-order valence-corrected chi connectivity index (χ4v) is 1.36. The lowest BCUT2D eigenvalue weighted by Gasteiger charge is -2.15. The summed E-state index contributed by atoms with van der Waals surface area (Å²) in [4.78, 5) is 2.36. The van der Waals surface area contributed by atoms with Gasteiger partial charge in [0.25, 0.3) is 0 Å². The van der Waals surface area contributed by atoms with Crippen molar-refractivity contribution in [1.82, 2.24) is 0 Å². The minimum absolute atomic E-state index is 0.0201. The average molecular weight is 283 g/mol. The lowest BCUT2D eigenvalue weighted by atomic mass is 10.0. The van der Waals surface area contributed by atoms with Gasteiger partial charge in [-0.15, -0.1) is 0 Å². The first-order valence-corrected chi connectivity index (χ1v) is 4.89. The molecular weight excluding hydrogens is 276 g/mol. The number of hydrogen-bond acceptors (Lipinski definition) is 1. The summed E-state index contributed by atoms with van der Waals surface area (Å²) < 4.78 is 75.1. The van der Waals surface area contributed by atoms with Crippen LogP contribution in [0.5, 0.6) is 0 Å². The molecule has 0 fully saturated rings. The lowest BCUT2D eigenvalue weighted by Crippen LogP contribution is -2.12. The highest BCUT2D eigenvalue weighted by Gasteiger charge is 2.37. The summed E-state index contributed by atoms with van der Waals surface area (Å²) in [6.45, 7) is 1.20. The van der Waals surface area contributed by atoms with Crippen molar-refractivity contribution in [3.8, 4) is 0 Å². The summed E-state index contributed by atoms with van der Waals surface area (Å²) in [5.74, 6) is 0. The molecule has 1 aromatic rings. The predicted octanol–water partition coefficient (Wildman–Crippen LogP) is 5.10. The molecule has 0 radical (unpaired) electrons. The first kappa shape index (κ1) is 15.2. The number of alkyl halides is 6. The SMILES string of the molecule is C[C@@H](N=[N+]=[N-])c1cc(C(F)(F)F)cc(C(F)(F)F)c1. The van der Waals surface area contributed by atoms with Crippen molar-refractivity contribution in [1.29, 1.82) is 0 Å². The summed E-state index contributed by atoms with van der Waals surface area (Å²) in [5, 5.41) is 3.09. The third-order valence-electron chi connectivity index (χ3n) is 2.32. The van der Waals surface area contributed by atoms with Crippen LogP contribution in [-0.2, 0) is 12.4 Å². The Morgan fingerprint density at radius 3 is 1.74 bits per heavy atom. The van der Waals surface area contributed by atoms with E-state index in [2.05, 4.69) is 10.0 Å². The van der Waals surface area contributed by atoms with Crippen LogP contribution in [0.15, 0.2) is 23.3 Å². The van der Waals surface area contributed by atoms with Gasteiger partial charge in [-0.1, -0.05) is 12.0 Å². The smallest absolute Gasteiger partial charge is 0.166 e. The van der Waals surface area contributed by atoms with Gasteiger partial charge in [0.2, 0.25) is 0 Å². The van der Waals surface area contributed by atoms with E-state index < -0.39 is 29.5 Å². The first-order valence-electron chi connectivity index (χ1n) is 4.89. The number of halogens is 6. The van der Waals surface area contributed by atoms with Crippen LogP contribution in [-0.4, -0.2) is 0 Å². The summed E-state index contributed by atoms with van der Waals surface area (Å²) in [6, 6.07) is -0.0384. The zero-order valence-electron chi connectivity index (χ0n) is 9.42. The number of rotatable bonds is 2. The van der Waals surface area contributed by atoms with E-state index in [1.807, 2.05) is 0 Å². The van der Waals surface area contributed by atoms with Crippen LogP contribution >= 0.6 is 0 Å². The molecule has 3 nitrogen and oxygen atoms in total. The van der Waals surface area contributed by atoms with E-state index in [0.29, 0.717) is 12.1 Å². The highest BCUT2D eigenvalue weighted by Crippen LogP contribution is 2.37. The third-order valence-corrected chi connectivity index (χ3v) is 2.32. The molecule has 0 amide bonds. The van der Waals surface area contributed by atoms with Crippen molar-refractivity contribution in [3.63, 3.8) is 0 Å². The van der Waals surface area contributed by atoms with Crippen molar-refractivity contribution in [2.24, 2.45) is 5.11 Å². The van der Waals surface area contributed by atoms with E-state index in [1.54, 1.807) is 0 Å². The van der Waals surface area contributed by atoms with E-state index in [-0.39, 0.29) is 11.6 Å². The van der Waals surface area contributed by atoms with Gasteiger partial charge >= 0.3 is 12.4 Å². The highest BCUT2D eigenvalue weighted by atomic mass is 19.4. The monoisotopic (exact) mass is 283 g/mol. The molecule has 0 heterocycles. The molecular formula is C10H7F6N3. The van der Waals surface area contributed by atoms with Gasteiger partial charge in [0.1, 0.15) is 0 Å². The summed E-state index contributed by atoms with van der Waals surface area (Å²) in [6.07, 6.45) is -9.82. The predicted molar refractivity (Wildman–Crippen MR) is 54.0 cm³/mol. The molecule has 0 aliphatic carbocycles. The summed E-state index contributed by atoms with van der Waals surface area (Å²) >= 11 is 0. The second kappa shape index (κ2) is 5.00. The molecule has 9 heteroatoms. The van der Waals surface area contributed by atoms with Crippen LogP contribution in [0.1, 0.15) is 29.7 Å². The van der Waals surface area contributed by atoms with Crippen molar-refractivity contribution in [2.45, 2.75) is 25.3 Å². The van der Waals surface area contributed by atoms with Gasteiger partial charge in [-0.05, 0) is 29.3 Å². The molecule has 104 valence electrons. The van der Waals surface area contributed by atoms with Gasteiger partial charge in [0.15, 0.2) is 0 Å². The van der Waals surface area contributed by atoms with Gasteiger partial charge in [-0.3, -0.25) is 0 Å². The maximum absolute atomic E-state index is 12.5. The zero-order chi connectivity index (χ0) is 14.8. The Hall–Kier alpha value is -1.89. The molecule has 19 heavy (non-hydrogen) atoms. The third kappa shape index (κ3) is 3.78. The average Bonchev–Trinajstić information content (AvgIpc) is 2.26. The van der Waals surface area contributed by atoms with Gasteiger partial charge in [0, 0.05) is 4.91 Å². The van der Waals surface area contributed by atoms with Crippen molar-refractivity contribution in [2.75, 3.05) is 0 Å². The Labute approximate surface area is 103 Å². The van der Waals surface area contributed by atoms with Gasteiger partial charge in [-0.2, -0.15) is 26.3 Å². The molecule has 0 aromatic heterocycles. The molecule has 0 N–H and O–H groups in total. The molecule has 0 aliphatic rings. The van der Waals surface area contributed by atoms with Crippen molar-refractivity contribution >= 4 is 0 Å². The Morgan fingerprint density at radius 2 is 1.42 bits per heavy atom. The van der Waals surface area contributed by atoms with E-state index in [9.17, 15) is 26.3 Å². The van der Waals surface area contributed by atoms with Crippen molar-refractivity contribution < 1.29 is 26.3 Å². The minimum atomic E-state index is -4.91. The first-order chi connectivity index (χ1) is 8.55. The van der Waals surface area contributed by atoms with Crippen LogP contribution in [0.3, 0.4) is 0 Å². The topological polar surface area (TPSA) is 48.8 Å².